The average Bonchev–Trinajstić information content (AvgIpc) is 3.42. The molecule has 27 heavy (non-hydrogen) atoms. The van der Waals surface area contributed by atoms with Crippen molar-refractivity contribution in [2.75, 3.05) is 12.0 Å². The first-order valence-electron chi connectivity index (χ1n) is 8.75. The lowest BCUT2D eigenvalue weighted by molar-refractivity contribution is 1.38. The van der Waals surface area contributed by atoms with E-state index in [1.807, 2.05) is 58.0 Å². The highest BCUT2D eigenvalue weighted by atomic mass is 32.2. The second-order valence-electron chi connectivity index (χ2n) is 5.98. The standard InChI is InChI=1S/C22H20S5/c1-3-16(23-2)19-6-4-7-20(26-19)22-12-11-21(27-22)18-10-9-15(14-25-18)17-8-5-13-24-17/h3,5-13H,4,14H2,1-2H3/b16-3-. The van der Waals surface area contributed by atoms with Gasteiger partial charge in [-0.25, -0.2) is 0 Å². The van der Waals surface area contributed by atoms with E-state index in [4.69, 9.17) is 0 Å². The summed E-state index contributed by atoms with van der Waals surface area (Å²) in [5, 5.41) is 2.15. The van der Waals surface area contributed by atoms with Gasteiger partial charge in [0.15, 0.2) is 0 Å². The van der Waals surface area contributed by atoms with Crippen molar-refractivity contribution in [3.05, 3.63) is 84.5 Å². The van der Waals surface area contributed by atoms with E-state index in [9.17, 15) is 0 Å². The maximum absolute atomic E-state index is 2.36. The van der Waals surface area contributed by atoms with E-state index in [1.165, 1.54) is 39.8 Å². The van der Waals surface area contributed by atoms with Gasteiger partial charge in [0, 0.05) is 40.0 Å². The second-order valence-corrected chi connectivity index (χ2v) is 11.0. The summed E-state index contributed by atoms with van der Waals surface area (Å²) >= 11 is 9.43. The molecule has 0 amide bonds. The summed E-state index contributed by atoms with van der Waals surface area (Å²) in [6.07, 6.45) is 14.7. The highest BCUT2D eigenvalue weighted by Gasteiger charge is 2.17. The SMILES string of the molecule is C/C=C(\SC)C1=CCC=C(c2ccc(C3=CC=C(c4cccs4)CS3)s2)S1. The van der Waals surface area contributed by atoms with Crippen LogP contribution in [-0.2, 0) is 0 Å². The van der Waals surface area contributed by atoms with Crippen LogP contribution in [0.4, 0.5) is 0 Å². The van der Waals surface area contributed by atoms with Crippen LogP contribution in [0.5, 0.6) is 0 Å². The topological polar surface area (TPSA) is 0 Å². The van der Waals surface area contributed by atoms with Crippen LogP contribution in [0.2, 0.25) is 0 Å². The van der Waals surface area contributed by atoms with Gasteiger partial charge in [0.05, 0.1) is 0 Å². The molecule has 0 saturated carbocycles. The Morgan fingerprint density at radius 1 is 1.04 bits per heavy atom. The number of hydrogen-bond acceptors (Lipinski definition) is 5. The Bertz CT molecular complexity index is 964. The summed E-state index contributed by atoms with van der Waals surface area (Å²) in [4.78, 5) is 9.71. The minimum Gasteiger partial charge on any atom is -0.144 e. The van der Waals surface area contributed by atoms with Crippen molar-refractivity contribution in [1.82, 2.24) is 0 Å². The zero-order valence-electron chi connectivity index (χ0n) is 15.2. The first-order valence-corrected chi connectivity index (χ1v) is 13.5. The van der Waals surface area contributed by atoms with Crippen molar-refractivity contribution in [2.24, 2.45) is 0 Å². The summed E-state index contributed by atoms with van der Waals surface area (Å²) in [5.41, 5.74) is 1.44. The predicted octanol–water partition coefficient (Wildman–Crippen LogP) is 8.61. The van der Waals surface area contributed by atoms with E-state index < -0.39 is 0 Å². The van der Waals surface area contributed by atoms with Gasteiger partial charge in [-0.05, 0) is 54.8 Å². The van der Waals surface area contributed by atoms with Crippen LogP contribution in [0.25, 0.3) is 15.4 Å². The molecule has 138 valence electrons. The van der Waals surface area contributed by atoms with Crippen LogP contribution >= 0.6 is 58.0 Å². The van der Waals surface area contributed by atoms with Crippen molar-refractivity contribution in [3.8, 4) is 0 Å². The van der Waals surface area contributed by atoms with E-state index >= 15 is 0 Å². The van der Waals surface area contributed by atoms with Crippen LogP contribution in [-0.4, -0.2) is 12.0 Å². The maximum Gasteiger partial charge on any atom is 0.0413 e. The minimum absolute atomic E-state index is 1.02. The van der Waals surface area contributed by atoms with Crippen molar-refractivity contribution in [2.45, 2.75) is 13.3 Å². The van der Waals surface area contributed by atoms with Crippen molar-refractivity contribution < 1.29 is 0 Å². The fraction of sp³-hybridized carbons (Fsp3) is 0.182. The molecule has 4 heterocycles. The lowest BCUT2D eigenvalue weighted by atomic mass is 10.2. The van der Waals surface area contributed by atoms with Crippen LogP contribution in [0.1, 0.15) is 28.0 Å². The summed E-state index contributed by atoms with van der Waals surface area (Å²) in [6, 6.07) is 8.92. The molecule has 0 atom stereocenters. The average molecular weight is 445 g/mol. The quantitative estimate of drug-likeness (QED) is 0.453. The van der Waals surface area contributed by atoms with Crippen LogP contribution in [0.3, 0.4) is 0 Å². The Kier molecular flexibility index (Phi) is 6.56. The lowest BCUT2D eigenvalue weighted by Crippen LogP contribution is -1.90. The number of allylic oxidation sites excluding steroid dienone is 5. The van der Waals surface area contributed by atoms with E-state index in [1.54, 1.807) is 0 Å². The Morgan fingerprint density at radius 3 is 2.56 bits per heavy atom. The Morgan fingerprint density at radius 2 is 1.89 bits per heavy atom. The van der Waals surface area contributed by atoms with E-state index in [0.29, 0.717) is 0 Å². The highest BCUT2D eigenvalue weighted by Crippen LogP contribution is 2.47. The lowest BCUT2D eigenvalue weighted by Gasteiger charge is -2.15. The van der Waals surface area contributed by atoms with Gasteiger partial charge < -0.3 is 0 Å². The molecule has 0 nitrogen and oxygen atoms in total. The number of thioether (sulfide) groups is 3. The van der Waals surface area contributed by atoms with E-state index in [0.717, 1.165) is 12.2 Å². The summed E-state index contributed by atoms with van der Waals surface area (Å²) < 4.78 is 0. The first-order chi connectivity index (χ1) is 13.3. The van der Waals surface area contributed by atoms with Crippen LogP contribution in [0.15, 0.2) is 69.8 Å². The third-order valence-corrected chi connectivity index (χ3v) is 10.0. The molecule has 0 aromatic carbocycles. The van der Waals surface area contributed by atoms with Gasteiger partial charge in [-0.2, -0.15) is 0 Å². The van der Waals surface area contributed by atoms with Gasteiger partial charge >= 0.3 is 0 Å². The largest absolute Gasteiger partial charge is 0.144 e. The van der Waals surface area contributed by atoms with Gasteiger partial charge in [-0.1, -0.05) is 42.1 Å². The molecule has 5 heteroatoms. The summed E-state index contributed by atoms with van der Waals surface area (Å²) in [5.74, 6) is 1.06. The summed E-state index contributed by atoms with van der Waals surface area (Å²) in [6.45, 7) is 2.12. The third-order valence-electron chi connectivity index (χ3n) is 4.30. The third kappa shape index (κ3) is 4.43. The predicted molar refractivity (Wildman–Crippen MR) is 133 cm³/mol. The summed E-state index contributed by atoms with van der Waals surface area (Å²) in [7, 11) is 0. The van der Waals surface area contributed by atoms with Crippen molar-refractivity contribution >= 4 is 73.3 Å². The molecule has 0 bridgehead atoms. The molecule has 0 aliphatic carbocycles. The maximum atomic E-state index is 2.36. The minimum atomic E-state index is 1.02. The fourth-order valence-electron chi connectivity index (χ4n) is 2.94. The molecule has 0 fully saturated rings. The Balaban J connectivity index is 1.51. The van der Waals surface area contributed by atoms with Crippen LogP contribution < -0.4 is 0 Å². The molecular formula is C22H20S5. The van der Waals surface area contributed by atoms with Gasteiger partial charge in [-0.3, -0.25) is 0 Å². The molecule has 0 saturated heterocycles. The molecular weight excluding hydrogens is 425 g/mol. The molecule has 4 rings (SSSR count). The second kappa shape index (κ2) is 9.10. The molecule has 2 aliphatic rings. The molecule has 0 N–H and O–H groups in total. The number of hydrogen-bond donors (Lipinski definition) is 0. The first kappa shape index (κ1) is 19.5. The van der Waals surface area contributed by atoms with E-state index in [-0.39, 0.29) is 0 Å². The zero-order valence-corrected chi connectivity index (χ0v) is 19.3. The molecule has 2 aliphatic heterocycles. The molecule has 2 aromatic heterocycles. The monoisotopic (exact) mass is 444 g/mol. The van der Waals surface area contributed by atoms with Crippen molar-refractivity contribution in [3.63, 3.8) is 0 Å². The van der Waals surface area contributed by atoms with Gasteiger partial charge in [0.2, 0.25) is 0 Å². The van der Waals surface area contributed by atoms with Gasteiger partial charge in [0.1, 0.15) is 0 Å². The Hall–Kier alpha value is -0.850. The molecule has 0 radical (unpaired) electrons. The normalized spacial score (nSPS) is 17.9. The molecule has 2 aromatic rings. The number of rotatable bonds is 5. The van der Waals surface area contributed by atoms with Gasteiger partial charge in [0.25, 0.3) is 0 Å². The van der Waals surface area contributed by atoms with E-state index in [2.05, 4.69) is 73.2 Å². The van der Waals surface area contributed by atoms with Crippen LogP contribution in [0, 0.1) is 0 Å². The van der Waals surface area contributed by atoms with Crippen molar-refractivity contribution in [1.29, 1.82) is 0 Å². The molecule has 0 unspecified atom stereocenters. The van der Waals surface area contributed by atoms with Gasteiger partial charge in [-0.15, -0.1) is 46.2 Å². The smallest absolute Gasteiger partial charge is 0.0413 e. The number of thiophene rings is 2. The fourth-order valence-corrected chi connectivity index (χ4v) is 8.01. The molecule has 0 spiro atoms. The highest BCUT2D eigenvalue weighted by molar-refractivity contribution is 8.14. The Labute approximate surface area is 182 Å². The zero-order chi connectivity index (χ0) is 18.6.